The van der Waals surface area contributed by atoms with E-state index in [1.807, 2.05) is 0 Å². The van der Waals surface area contributed by atoms with E-state index in [2.05, 4.69) is 9.71 Å². The average Bonchev–Trinajstić information content (AvgIpc) is 2.14. The van der Waals surface area contributed by atoms with Crippen molar-refractivity contribution >= 4 is 34.0 Å². The predicted octanol–water partition coefficient (Wildman–Crippen LogP) is -0.886. The molecule has 0 saturated carbocycles. The summed E-state index contributed by atoms with van der Waals surface area (Å²) in [5, 5.41) is 11.2. The Hall–Kier alpha value is -1.00. The van der Waals surface area contributed by atoms with Crippen molar-refractivity contribution in [2.24, 2.45) is 4.40 Å². The van der Waals surface area contributed by atoms with Crippen molar-refractivity contribution in [2.45, 2.75) is 0 Å². The van der Waals surface area contributed by atoms with Crippen molar-refractivity contribution in [1.82, 2.24) is 10.2 Å². The molecule has 0 rings (SSSR count). The van der Waals surface area contributed by atoms with Crippen molar-refractivity contribution < 1.29 is 22.9 Å². The number of hydrogen-bond acceptors (Lipinski definition) is 5. The Balaban J connectivity index is 4.22. The second-order valence-electron chi connectivity index (χ2n) is 3.03. The summed E-state index contributed by atoms with van der Waals surface area (Å²) in [5.74, 6) is -1.00. The average molecular weight is 285 g/mol. The van der Waals surface area contributed by atoms with Gasteiger partial charge < -0.3 is 15.3 Å². The van der Waals surface area contributed by atoms with Gasteiger partial charge in [-0.05, 0) is 11.9 Å². The van der Waals surface area contributed by atoms with Gasteiger partial charge in [0.1, 0.15) is 6.54 Å². The minimum Gasteiger partial charge on any atom is -0.480 e. The first-order chi connectivity index (χ1) is 7.76. The third-order valence-electron chi connectivity index (χ3n) is 1.54. The fourth-order valence-electron chi connectivity index (χ4n) is 0.833. The van der Waals surface area contributed by atoms with E-state index < -0.39 is 21.8 Å². The number of hydrogen-bond donors (Lipinski definition) is 3. The molecule has 0 radical (unpaired) electrons. The Morgan fingerprint density at radius 2 is 2.12 bits per heavy atom. The van der Waals surface area contributed by atoms with Crippen LogP contribution >= 0.6 is 11.9 Å². The number of nitrogens with one attached hydrogen (secondary N) is 1. The molecule has 100 valence electrons. The maximum atomic E-state index is 10.4. The van der Waals surface area contributed by atoms with Gasteiger partial charge in [-0.1, -0.05) is 0 Å². The topological polar surface area (TPSA) is 119 Å². The van der Waals surface area contributed by atoms with Crippen LogP contribution in [-0.2, 0) is 14.9 Å². The maximum absolute atomic E-state index is 10.4. The summed E-state index contributed by atoms with van der Waals surface area (Å²) in [6.45, 7) is -0.224. The fraction of sp³-hybridized carbons (Fsp3) is 0.714. The van der Waals surface area contributed by atoms with Crippen LogP contribution < -0.4 is 5.32 Å². The van der Waals surface area contributed by atoms with Gasteiger partial charge in [-0.3, -0.25) is 9.35 Å². The number of likely N-dealkylation sites (N-methyl/N-ethyl adjacent to an activating group) is 1. The van der Waals surface area contributed by atoms with Crippen LogP contribution in [0.25, 0.3) is 0 Å². The van der Waals surface area contributed by atoms with Gasteiger partial charge in [-0.25, -0.2) is 0 Å². The minimum absolute atomic E-state index is 0.0882. The number of carboxylic acid groups (broad SMARTS) is 1. The Bertz CT molecular complexity index is 381. The third-order valence-corrected chi connectivity index (χ3v) is 3.21. The second kappa shape index (κ2) is 7.35. The normalized spacial score (nSPS) is 12.3. The first-order valence-electron chi connectivity index (χ1n) is 4.52. The van der Waals surface area contributed by atoms with Gasteiger partial charge in [-0.15, -0.1) is 0 Å². The first-order valence-corrected chi connectivity index (χ1v) is 7.07. The van der Waals surface area contributed by atoms with E-state index in [1.54, 1.807) is 7.05 Å². The smallest absolute Gasteiger partial charge is 0.323 e. The summed E-state index contributed by atoms with van der Waals surface area (Å²) in [4.78, 5) is 11.8. The van der Waals surface area contributed by atoms with Crippen LogP contribution in [0.5, 0.6) is 0 Å². The summed E-state index contributed by atoms with van der Waals surface area (Å²) in [7, 11) is -0.882. The summed E-state index contributed by atoms with van der Waals surface area (Å²) in [5.41, 5.74) is 0. The molecule has 0 aliphatic heterocycles. The molecule has 0 aromatic carbocycles. The highest BCUT2D eigenvalue weighted by atomic mass is 32.2. The molecule has 8 nitrogen and oxygen atoms in total. The molecule has 0 aromatic heterocycles. The van der Waals surface area contributed by atoms with E-state index in [0.717, 1.165) is 11.9 Å². The van der Waals surface area contributed by atoms with E-state index in [1.165, 1.54) is 11.9 Å². The Kier molecular flexibility index (Phi) is 6.92. The van der Waals surface area contributed by atoms with Crippen LogP contribution in [0.2, 0.25) is 0 Å². The fourth-order valence-corrected chi connectivity index (χ4v) is 2.42. The van der Waals surface area contributed by atoms with E-state index in [4.69, 9.17) is 9.66 Å². The Morgan fingerprint density at radius 1 is 1.53 bits per heavy atom. The summed E-state index contributed by atoms with van der Waals surface area (Å²) >= 11 is 0.920. The van der Waals surface area contributed by atoms with Gasteiger partial charge in [0.25, 0.3) is 10.1 Å². The third kappa shape index (κ3) is 8.77. The molecule has 10 heteroatoms. The number of carbonyl (C=O) groups is 1. The molecule has 17 heavy (non-hydrogen) atoms. The van der Waals surface area contributed by atoms with Crippen LogP contribution in [-0.4, -0.2) is 67.1 Å². The predicted molar refractivity (Wildman–Crippen MR) is 65.6 cm³/mol. The molecule has 0 atom stereocenters. The van der Waals surface area contributed by atoms with Crippen LogP contribution in [0.15, 0.2) is 4.40 Å². The van der Waals surface area contributed by atoms with Gasteiger partial charge in [0.05, 0.1) is 5.75 Å². The molecule has 0 heterocycles. The van der Waals surface area contributed by atoms with Crippen LogP contribution in [0, 0.1) is 0 Å². The molecular formula is C7H15N3O5S2. The molecule has 0 unspecified atom stereocenters. The molecule has 3 N–H and O–H groups in total. The summed E-state index contributed by atoms with van der Waals surface area (Å²) in [6, 6.07) is 0. The molecule has 0 spiro atoms. The van der Waals surface area contributed by atoms with Gasteiger partial charge in [-0.2, -0.15) is 12.8 Å². The molecule has 0 bridgehead atoms. The lowest BCUT2D eigenvalue weighted by molar-refractivity contribution is -0.137. The maximum Gasteiger partial charge on any atom is 0.323 e. The Morgan fingerprint density at radius 3 is 2.53 bits per heavy atom. The lowest BCUT2D eigenvalue weighted by atomic mass is 10.6. The zero-order valence-electron chi connectivity index (χ0n) is 9.45. The van der Waals surface area contributed by atoms with Crippen LogP contribution in [0.3, 0.4) is 0 Å². The monoisotopic (exact) mass is 285 g/mol. The number of carboxylic acids is 1. The van der Waals surface area contributed by atoms with Crippen LogP contribution in [0.1, 0.15) is 0 Å². The quantitative estimate of drug-likeness (QED) is 0.189. The molecule has 0 aliphatic carbocycles. The standard InChI is InChI=1S/C7H15N3O5S2/c1-8-7(10(2)5-6(11)12)9-16-3-4-17(13,14)15/h3-5H2,1-2H3,(H,8,9)(H,11,12)(H,13,14,15). The molecule has 0 aliphatic rings. The number of rotatable bonds is 6. The largest absolute Gasteiger partial charge is 0.480 e. The van der Waals surface area contributed by atoms with Crippen molar-refractivity contribution in [3.05, 3.63) is 0 Å². The highest BCUT2D eigenvalue weighted by molar-refractivity contribution is 7.99. The van der Waals surface area contributed by atoms with Crippen molar-refractivity contribution in [1.29, 1.82) is 0 Å². The van der Waals surface area contributed by atoms with E-state index in [9.17, 15) is 13.2 Å². The van der Waals surface area contributed by atoms with Crippen molar-refractivity contribution in [3.8, 4) is 0 Å². The summed E-state index contributed by atoms with van der Waals surface area (Å²) in [6.07, 6.45) is 0. The van der Waals surface area contributed by atoms with E-state index >= 15 is 0 Å². The minimum atomic E-state index is -3.99. The van der Waals surface area contributed by atoms with Gasteiger partial charge >= 0.3 is 5.97 Å². The zero-order valence-corrected chi connectivity index (χ0v) is 11.1. The molecule has 0 fully saturated rings. The van der Waals surface area contributed by atoms with E-state index in [0.29, 0.717) is 5.96 Å². The van der Waals surface area contributed by atoms with Crippen molar-refractivity contribution in [3.63, 3.8) is 0 Å². The Labute approximate surface area is 104 Å². The number of nitrogens with zero attached hydrogens (tertiary/aromatic N) is 2. The lowest BCUT2D eigenvalue weighted by Crippen LogP contribution is -2.39. The highest BCUT2D eigenvalue weighted by Crippen LogP contribution is 2.04. The number of guanidine groups is 1. The van der Waals surface area contributed by atoms with Gasteiger partial charge in [0.2, 0.25) is 5.96 Å². The lowest BCUT2D eigenvalue weighted by Gasteiger charge is -2.17. The molecular weight excluding hydrogens is 270 g/mol. The SMILES string of the molecule is CNC(=NSCCS(=O)(=O)O)N(C)CC(=O)O. The zero-order chi connectivity index (χ0) is 13.5. The van der Waals surface area contributed by atoms with Gasteiger partial charge in [0, 0.05) is 19.8 Å². The number of aliphatic carboxylic acids is 1. The second-order valence-corrected chi connectivity index (χ2v) is 5.46. The molecule has 0 saturated heterocycles. The van der Waals surface area contributed by atoms with Gasteiger partial charge in [0.15, 0.2) is 0 Å². The van der Waals surface area contributed by atoms with Crippen molar-refractivity contribution in [2.75, 3.05) is 32.1 Å². The first kappa shape index (κ1) is 16.0. The van der Waals surface area contributed by atoms with E-state index in [-0.39, 0.29) is 12.3 Å². The molecule has 0 amide bonds. The molecule has 0 aromatic rings. The highest BCUT2D eigenvalue weighted by Gasteiger charge is 2.09. The summed E-state index contributed by atoms with van der Waals surface area (Å²) < 4.78 is 33.2. The van der Waals surface area contributed by atoms with Crippen LogP contribution in [0.4, 0.5) is 0 Å².